The molecular formula is C36H50FN7O6. The van der Waals surface area contributed by atoms with Crippen LogP contribution in [-0.4, -0.2) is 113 Å². The van der Waals surface area contributed by atoms with Gasteiger partial charge in [-0.25, -0.2) is 19.0 Å². The molecule has 1 spiro atoms. The molecule has 3 aliphatic heterocycles. The van der Waals surface area contributed by atoms with Gasteiger partial charge in [0.25, 0.3) is 11.8 Å². The van der Waals surface area contributed by atoms with Gasteiger partial charge in [-0.15, -0.1) is 10.2 Å². The van der Waals surface area contributed by atoms with Gasteiger partial charge in [0.15, 0.2) is 17.4 Å². The van der Waals surface area contributed by atoms with Crippen molar-refractivity contribution in [1.29, 1.82) is 0 Å². The van der Waals surface area contributed by atoms with E-state index in [-0.39, 0.29) is 28.6 Å². The lowest BCUT2D eigenvalue weighted by Gasteiger charge is -2.53. The van der Waals surface area contributed by atoms with Gasteiger partial charge in [-0.05, 0) is 78.6 Å². The van der Waals surface area contributed by atoms with E-state index in [9.17, 15) is 14.4 Å². The summed E-state index contributed by atoms with van der Waals surface area (Å²) in [6.07, 6.45) is 7.42. The molecule has 0 saturated carbocycles. The number of anilines is 1. The SMILES string of the molecule is CCCN(C)CCCC(C(C)C)N1CC2(CCN(c3ncnnc3Oc3c(C(=O)N(CC)C(C)C)cc(F)c4c3OC(=O)/C=C/C(=O)O4)C2)C1. The Labute approximate surface area is 293 Å². The lowest BCUT2D eigenvalue weighted by Crippen LogP contribution is -2.62. The highest BCUT2D eigenvalue weighted by Crippen LogP contribution is 2.48. The van der Waals surface area contributed by atoms with Crippen molar-refractivity contribution in [2.24, 2.45) is 11.3 Å². The number of benzene rings is 1. The zero-order valence-electron chi connectivity index (χ0n) is 30.3. The average Bonchev–Trinajstić information content (AvgIpc) is 3.49. The molecule has 0 aliphatic carbocycles. The lowest BCUT2D eigenvalue weighted by molar-refractivity contribution is -0.133. The first-order chi connectivity index (χ1) is 23.9. The van der Waals surface area contributed by atoms with Crippen LogP contribution in [0.3, 0.4) is 0 Å². The van der Waals surface area contributed by atoms with Gasteiger partial charge in [-0.1, -0.05) is 20.8 Å². The molecule has 3 aliphatic rings. The molecule has 1 amide bonds. The molecule has 50 heavy (non-hydrogen) atoms. The van der Waals surface area contributed by atoms with Gasteiger partial charge in [0.2, 0.25) is 11.5 Å². The molecule has 0 bridgehead atoms. The number of carbonyl (C=O) groups excluding carboxylic acids is 3. The van der Waals surface area contributed by atoms with Crippen LogP contribution in [0.1, 0.15) is 77.6 Å². The number of esters is 2. The number of aromatic nitrogens is 3. The van der Waals surface area contributed by atoms with Crippen LogP contribution in [0.2, 0.25) is 0 Å². The van der Waals surface area contributed by atoms with Crippen LogP contribution in [0.25, 0.3) is 0 Å². The maximum Gasteiger partial charge on any atom is 0.336 e. The summed E-state index contributed by atoms with van der Waals surface area (Å²) in [5.74, 6) is -4.33. The molecule has 1 aromatic heterocycles. The summed E-state index contributed by atoms with van der Waals surface area (Å²) in [6, 6.07) is 1.18. The van der Waals surface area contributed by atoms with Crippen LogP contribution in [0.15, 0.2) is 24.5 Å². The standard InChI is InChI=1S/C36H50FN7O6/c1-8-15-41(7)16-10-11-27(23(3)4)43-20-36(21-43)14-17-42(19-36)33-34(40-39-22-38-33)50-30-25(35(47)44(9-2)24(5)6)18-26(37)31-32(30)49-29(46)13-12-28(45)48-31/h12-13,18,22-24,27H,8-11,14-17,19-21H2,1-7H3/b13-12+. The molecule has 4 heterocycles. The third-order valence-electron chi connectivity index (χ3n) is 9.83. The van der Waals surface area contributed by atoms with Crippen LogP contribution >= 0.6 is 0 Å². The Balaban J connectivity index is 1.41. The van der Waals surface area contributed by atoms with Gasteiger partial charge in [0, 0.05) is 62.4 Å². The number of likely N-dealkylation sites (tertiary alicyclic amines) is 1. The predicted molar refractivity (Wildman–Crippen MR) is 185 cm³/mol. The van der Waals surface area contributed by atoms with Gasteiger partial charge >= 0.3 is 11.9 Å². The highest BCUT2D eigenvalue weighted by molar-refractivity contribution is 6.01. The van der Waals surface area contributed by atoms with Gasteiger partial charge in [-0.2, -0.15) is 0 Å². The van der Waals surface area contributed by atoms with Crippen molar-refractivity contribution < 1.29 is 33.0 Å². The summed E-state index contributed by atoms with van der Waals surface area (Å²) in [4.78, 5) is 51.9. The van der Waals surface area contributed by atoms with E-state index in [0.29, 0.717) is 37.4 Å². The largest absolute Gasteiger partial charge is 0.430 e. The minimum atomic E-state index is -1.08. The highest BCUT2D eigenvalue weighted by Gasteiger charge is 2.50. The number of ether oxygens (including phenoxy) is 3. The Hall–Kier alpha value is -4.17. The molecule has 5 rings (SSSR count). The summed E-state index contributed by atoms with van der Waals surface area (Å²) < 4.78 is 32.4. The molecule has 2 fully saturated rings. The fraction of sp³-hybridized carbons (Fsp3) is 0.611. The Kier molecular flexibility index (Phi) is 11.7. The van der Waals surface area contributed by atoms with Crippen LogP contribution in [0, 0.1) is 17.2 Å². The first-order valence-corrected chi connectivity index (χ1v) is 17.7. The second-order valence-electron chi connectivity index (χ2n) is 14.3. The van der Waals surface area contributed by atoms with Crippen molar-refractivity contribution in [3.05, 3.63) is 35.9 Å². The third-order valence-corrected chi connectivity index (χ3v) is 9.83. The van der Waals surface area contributed by atoms with Gasteiger partial charge < -0.3 is 28.9 Å². The quantitative estimate of drug-likeness (QED) is 0.200. The van der Waals surface area contributed by atoms with E-state index in [1.807, 2.05) is 13.8 Å². The van der Waals surface area contributed by atoms with Crippen molar-refractivity contribution in [2.75, 3.05) is 57.8 Å². The number of halogens is 1. The van der Waals surface area contributed by atoms with Crippen LogP contribution in [0.4, 0.5) is 10.2 Å². The van der Waals surface area contributed by atoms with E-state index in [4.69, 9.17) is 14.2 Å². The van der Waals surface area contributed by atoms with Crippen molar-refractivity contribution in [3.63, 3.8) is 0 Å². The molecule has 272 valence electrons. The molecule has 1 unspecified atom stereocenters. The molecule has 2 aromatic rings. The maximum absolute atomic E-state index is 15.5. The summed E-state index contributed by atoms with van der Waals surface area (Å²) >= 11 is 0. The number of carbonyl (C=O) groups is 3. The fourth-order valence-corrected chi connectivity index (χ4v) is 7.41. The number of nitrogens with zero attached hydrogens (tertiary/aromatic N) is 7. The Morgan fingerprint density at radius 3 is 2.40 bits per heavy atom. The summed E-state index contributed by atoms with van der Waals surface area (Å²) in [7, 11) is 2.19. The normalized spacial score (nSPS) is 18.4. The molecule has 1 atom stereocenters. The van der Waals surface area contributed by atoms with Crippen LogP contribution in [-0.2, 0) is 9.59 Å². The molecule has 13 nitrogen and oxygen atoms in total. The third kappa shape index (κ3) is 8.07. The van der Waals surface area contributed by atoms with Gasteiger partial charge in [0.05, 0.1) is 5.56 Å². The topological polar surface area (TPSA) is 131 Å². The summed E-state index contributed by atoms with van der Waals surface area (Å²) in [6.45, 7) is 18.1. The summed E-state index contributed by atoms with van der Waals surface area (Å²) in [5.41, 5.74) is -0.162. The van der Waals surface area contributed by atoms with E-state index < -0.39 is 35.2 Å². The Morgan fingerprint density at radius 2 is 1.76 bits per heavy atom. The van der Waals surface area contributed by atoms with E-state index in [0.717, 1.165) is 70.1 Å². The molecule has 14 heteroatoms. The van der Waals surface area contributed by atoms with E-state index in [2.05, 4.69) is 57.7 Å². The van der Waals surface area contributed by atoms with Crippen LogP contribution in [0.5, 0.6) is 23.1 Å². The maximum atomic E-state index is 15.5. The first kappa shape index (κ1) is 37.1. The fourth-order valence-electron chi connectivity index (χ4n) is 7.41. The molecule has 0 radical (unpaired) electrons. The number of amides is 1. The number of hydrogen-bond donors (Lipinski definition) is 0. The second kappa shape index (κ2) is 15.8. The van der Waals surface area contributed by atoms with E-state index in [1.165, 1.54) is 11.2 Å². The zero-order chi connectivity index (χ0) is 36.2. The molecule has 1 aromatic carbocycles. The average molecular weight is 696 g/mol. The number of fused-ring (bicyclic) bond motifs is 1. The lowest BCUT2D eigenvalue weighted by atomic mass is 9.76. The zero-order valence-corrected chi connectivity index (χ0v) is 30.3. The molecule has 0 N–H and O–H groups in total. The second-order valence-corrected chi connectivity index (χ2v) is 14.3. The smallest absolute Gasteiger partial charge is 0.336 e. The molecular weight excluding hydrogens is 645 g/mol. The van der Waals surface area contributed by atoms with Crippen molar-refractivity contribution in [2.45, 2.75) is 79.3 Å². The monoisotopic (exact) mass is 695 g/mol. The predicted octanol–water partition coefficient (Wildman–Crippen LogP) is 4.71. The van der Waals surface area contributed by atoms with Crippen LogP contribution < -0.4 is 19.1 Å². The number of rotatable bonds is 14. The first-order valence-electron chi connectivity index (χ1n) is 17.7. The Bertz CT molecular complexity index is 1590. The van der Waals surface area contributed by atoms with E-state index in [1.54, 1.807) is 6.92 Å². The highest BCUT2D eigenvalue weighted by atomic mass is 19.1. The Morgan fingerprint density at radius 1 is 1.06 bits per heavy atom. The van der Waals surface area contributed by atoms with Crippen molar-refractivity contribution in [1.82, 2.24) is 29.9 Å². The minimum absolute atomic E-state index is 0.0626. The van der Waals surface area contributed by atoms with Crippen molar-refractivity contribution >= 4 is 23.7 Å². The minimum Gasteiger partial charge on any atom is -0.430 e. The van der Waals surface area contributed by atoms with Crippen molar-refractivity contribution in [3.8, 4) is 23.1 Å². The van der Waals surface area contributed by atoms with E-state index >= 15 is 4.39 Å². The van der Waals surface area contributed by atoms with Gasteiger partial charge in [-0.3, -0.25) is 9.69 Å². The van der Waals surface area contributed by atoms with Gasteiger partial charge in [0.1, 0.15) is 6.33 Å². The summed E-state index contributed by atoms with van der Waals surface area (Å²) in [5, 5.41) is 8.15. The number of hydrogen-bond acceptors (Lipinski definition) is 12. The molecule has 2 saturated heterocycles.